The summed E-state index contributed by atoms with van der Waals surface area (Å²) in [5.41, 5.74) is 7.69. The van der Waals surface area contributed by atoms with Crippen LogP contribution in [0.15, 0.2) is 18.2 Å². The molecule has 2 atom stereocenters. The van der Waals surface area contributed by atoms with Gasteiger partial charge in [-0.05, 0) is 30.9 Å². The maximum absolute atomic E-state index is 13.3. The highest BCUT2D eigenvalue weighted by Crippen LogP contribution is 2.36. The third kappa shape index (κ3) is 2.20. The molecule has 1 aromatic carbocycles. The Labute approximate surface area is 112 Å². The van der Waals surface area contributed by atoms with E-state index in [-0.39, 0.29) is 5.82 Å². The molecule has 1 aliphatic rings. The Bertz CT molecular complexity index is 590. The number of fused-ring (bicyclic) bond motifs is 1. The normalized spacial score (nSPS) is 24.5. The molecule has 3 nitrogen and oxygen atoms in total. The van der Waals surface area contributed by atoms with E-state index in [1.165, 1.54) is 37.8 Å². The molecular formula is C15H20FN3. The minimum atomic E-state index is -0.258. The quantitative estimate of drug-likeness (QED) is 0.791. The van der Waals surface area contributed by atoms with Gasteiger partial charge in [0.1, 0.15) is 5.82 Å². The van der Waals surface area contributed by atoms with Crippen molar-refractivity contribution < 1.29 is 4.39 Å². The number of benzene rings is 1. The van der Waals surface area contributed by atoms with Gasteiger partial charge in [0, 0.05) is 12.1 Å². The SMILES string of the molecule is CC1CCCCCC1n1c(N)nc2cc(F)ccc21. The van der Waals surface area contributed by atoms with E-state index >= 15 is 0 Å². The predicted molar refractivity (Wildman–Crippen MR) is 75.4 cm³/mol. The Morgan fingerprint density at radius 3 is 2.89 bits per heavy atom. The Morgan fingerprint density at radius 2 is 2.05 bits per heavy atom. The van der Waals surface area contributed by atoms with E-state index in [1.807, 2.05) is 0 Å². The minimum absolute atomic E-state index is 0.258. The van der Waals surface area contributed by atoms with Crippen LogP contribution in [-0.2, 0) is 0 Å². The third-order valence-corrected chi connectivity index (χ3v) is 4.33. The molecule has 2 unspecified atom stereocenters. The first-order valence-electron chi connectivity index (χ1n) is 7.10. The lowest BCUT2D eigenvalue weighted by Crippen LogP contribution is -2.18. The smallest absolute Gasteiger partial charge is 0.201 e. The van der Waals surface area contributed by atoms with Gasteiger partial charge in [-0.2, -0.15) is 0 Å². The van der Waals surface area contributed by atoms with Crippen LogP contribution >= 0.6 is 0 Å². The molecule has 102 valence electrons. The van der Waals surface area contributed by atoms with Gasteiger partial charge >= 0.3 is 0 Å². The van der Waals surface area contributed by atoms with Crippen LogP contribution in [0.1, 0.15) is 45.1 Å². The highest BCUT2D eigenvalue weighted by Gasteiger charge is 2.25. The van der Waals surface area contributed by atoms with Gasteiger partial charge < -0.3 is 10.3 Å². The van der Waals surface area contributed by atoms with Crippen LogP contribution in [0.4, 0.5) is 10.3 Å². The van der Waals surface area contributed by atoms with E-state index in [1.54, 1.807) is 6.07 Å². The number of nitrogen functional groups attached to an aromatic ring is 1. The molecule has 3 rings (SSSR count). The third-order valence-electron chi connectivity index (χ3n) is 4.33. The van der Waals surface area contributed by atoms with Crippen molar-refractivity contribution >= 4 is 17.0 Å². The predicted octanol–water partition coefficient (Wildman–Crippen LogP) is 3.90. The molecular weight excluding hydrogens is 241 g/mol. The molecule has 1 saturated carbocycles. The number of hydrogen-bond acceptors (Lipinski definition) is 2. The number of hydrogen-bond donors (Lipinski definition) is 1. The van der Waals surface area contributed by atoms with E-state index in [9.17, 15) is 4.39 Å². The molecule has 4 heteroatoms. The van der Waals surface area contributed by atoms with Crippen molar-refractivity contribution in [3.8, 4) is 0 Å². The highest BCUT2D eigenvalue weighted by molar-refractivity contribution is 5.78. The molecule has 0 amide bonds. The van der Waals surface area contributed by atoms with Crippen LogP contribution in [0.5, 0.6) is 0 Å². The second kappa shape index (κ2) is 4.83. The first kappa shape index (κ1) is 12.5. The van der Waals surface area contributed by atoms with Crippen molar-refractivity contribution in [1.82, 2.24) is 9.55 Å². The minimum Gasteiger partial charge on any atom is -0.369 e. The topological polar surface area (TPSA) is 43.8 Å². The highest BCUT2D eigenvalue weighted by atomic mass is 19.1. The number of aromatic nitrogens is 2. The molecule has 19 heavy (non-hydrogen) atoms. The van der Waals surface area contributed by atoms with Gasteiger partial charge in [-0.25, -0.2) is 9.37 Å². The zero-order valence-corrected chi connectivity index (χ0v) is 11.3. The summed E-state index contributed by atoms with van der Waals surface area (Å²) in [6.45, 7) is 2.28. The standard InChI is InChI=1S/C15H20FN3/c1-10-5-3-2-4-6-13(10)19-14-8-7-11(16)9-12(14)18-15(19)17/h7-10,13H,2-6H2,1H3,(H2,17,18). The molecule has 1 aromatic heterocycles. The Morgan fingerprint density at radius 1 is 1.26 bits per heavy atom. The molecule has 0 radical (unpaired) electrons. The van der Waals surface area contributed by atoms with Crippen molar-refractivity contribution in [2.24, 2.45) is 5.92 Å². The van der Waals surface area contributed by atoms with Crippen LogP contribution in [0.3, 0.4) is 0 Å². The van der Waals surface area contributed by atoms with Gasteiger partial charge in [0.2, 0.25) is 5.95 Å². The molecule has 0 saturated heterocycles. The first-order valence-corrected chi connectivity index (χ1v) is 7.10. The van der Waals surface area contributed by atoms with E-state index in [0.717, 1.165) is 11.9 Å². The van der Waals surface area contributed by atoms with Crippen LogP contribution in [0.25, 0.3) is 11.0 Å². The van der Waals surface area contributed by atoms with Crippen molar-refractivity contribution in [1.29, 1.82) is 0 Å². The second-order valence-electron chi connectivity index (χ2n) is 5.66. The van der Waals surface area contributed by atoms with Gasteiger partial charge in [0.05, 0.1) is 11.0 Å². The first-order chi connectivity index (χ1) is 9.16. The summed E-state index contributed by atoms with van der Waals surface area (Å²) < 4.78 is 15.4. The summed E-state index contributed by atoms with van der Waals surface area (Å²) in [5.74, 6) is 0.845. The lowest BCUT2D eigenvalue weighted by Gasteiger charge is -2.24. The molecule has 2 aromatic rings. The molecule has 1 aliphatic carbocycles. The van der Waals surface area contributed by atoms with Gasteiger partial charge in [-0.1, -0.05) is 26.2 Å². The maximum atomic E-state index is 13.3. The average molecular weight is 261 g/mol. The Kier molecular flexibility index (Phi) is 3.17. The van der Waals surface area contributed by atoms with Crippen LogP contribution < -0.4 is 5.73 Å². The number of imidazole rings is 1. The molecule has 2 N–H and O–H groups in total. The van der Waals surface area contributed by atoms with Gasteiger partial charge in [-0.15, -0.1) is 0 Å². The zero-order chi connectivity index (χ0) is 13.4. The number of rotatable bonds is 1. The summed E-state index contributed by atoms with van der Waals surface area (Å²) in [7, 11) is 0. The Hall–Kier alpha value is -1.58. The Balaban J connectivity index is 2.10. The number of nitrogens with zero attached hydrogens (tertiary/aromatic N) is 2. The summed E-state index contributed by atoms with van der Waals surface area (Å²) >= 11 is 0. The summed E-state index contributed by atoms with van der Waals surface area (Å²) in [5, 5.41) is 0. The zero-order valence-electron chi connectivity index (χ0n) is 11.3. The van der Waals surface area contributed by atoms with Crippen molar-refractivity contribution in [2.75, 3.05) is 5.73 Å². The van der Waals surface area contributed by atoms with E-state index in [2.05, 4.69) is 16.5 Å². The summed E-state index contributed by atoms with van der Waals surface area (Å²) in [6.07, 6.45) is 6.18. The lowest BCUT2D eigenvalue weighted by molar-refractivity contribution is 0.344. The lowest BCUT2D eigenvalue weighted by atomic mass is 9.96. The maximum Gasteiger partial charge on any atom is 0.201 e. The fourth-order valence-corrected chi connectivity index (χ4v) is 3.30. The molecule has 0 bridgehead atoms. The van der Waals surface area contributed by atoms with E-state index in [4.69, 9.17) is 5.73 Å². The number of anilines is 1. The van der Waals surface area contributed by atoms with Gasteiger partial charge in [-0.3, -0.25) is 0 Å². The number of halogens is 1. The molecule has 0 spiro atoms. The summed E-state index contributed by atoms with van der Waals surface area (Å²) in [4.78, 5) is 4.31. The van der Waals surface area contributed by atoms with Crippen LogP contribution in [0, 0.1) is 11.7 Å². The fraction of sp³-hybridized carbons (Fsp3) is 0.533. The van der Waals surface area contributed by atoms with Crippen LogP contribution in [0.2, 0.25) is 0 Å². The van der Waals surface area contributed by atoms with Crippen LogP contribution in [-0.4, -0.2) is 9.55 Å². The fourth-order valence-electron chi connectivity index (χ4n) is 3.30. The molecule has 1 fully saturated rings. The van der Waals surface area contributed by atoms with Crippen molar-refractivity contribution in [3.63, 3.8) is 0 Å². The summed E-state index contributed by atoms with van der Waals surface area (Å²) in [6, 6.07) is 5.13. The monoisotopic (exact) mass is 261 g/mol. The van der Waals surface area contributed by atoms with E-state index in [0.29, 0.717) is 23.4 Å². The van der Waals surface area contributed by atoms with E-state index < -0.39 is 0 Å². The van der Waals surface area contributed by atoms with Crippen molar-refractivity contribution in [2.45, 2.75) is 45.1 Å². The van der Waals surface area contributed by atoms with Gasteiger partial charge in [0.25, 0.3) is 0 Å². The van der Waals surface area contributed by atoms with Gasteiger partial charge in [0.15, 0.2) is 0 Å². The second-order valence-corrected chi connectivity index (χ2v) is 5.66. The average Bonchev–Trinajstić information content (AvgIpc) is 2.54. The van der Waals surface area contributed by atoms with Crippen molar-refractivity contribution in [3.05, 3.63) is 24.0 Å². The number of nitrogens with two attached hydrogens (primary N) is 1. The largest absolute Gasteiger partial charge is 0.369 e. The molecule has 0 aliphatic heterocycles. The molecule has 1 heterocycles.